The zero-order valence-electron chi connectivity index (χ0n) is 10.4. The largest absolute Gasteiger partial charge is 0.318 e. The van der Waals surface area contributed by atoms with E-state index in [4.69, 9.17) is 28.9 Å². The van der Waals surface area contributed by atoms with Gasteiger partial charge in [-0.2, -0.15) is 0 Å². The molecule has 6 heteroatoms. The van der Waals surface area contributed by atoms with Gasteiger partial charge in [-0.05, 0) is 30.7 Å². The minimum Gasteiger partial charge on any atom is -0.318 e. The Morgan fingerprint density at radius 1 is 0.900 bits per heavy atom. The van der Waals surface area contributed by atoms with E-state index in [1.54, 1.807) is 0 Å². The van der Waals surface area contributed by atoms with Gasteiger partial charge >= 0.3 is 0 Å². The van der Waals surface area contributed by atoms with Crippen molar-refractivity contribution >= 4 is 23.2 Å². The third-order valence-corrected chi connectivity index (χ3v) is 3.66. The Kier molecular flexibility index (Phi) is 4.00. The maximum atomic E-state index is 13.9. The Bertz CT molecular complexity index is 672. The first-order valence-corrected chi connectivity index (χ1v) is 6.38. The summed E-state index contributed by atoms with van der Waals surface area (Å²) in [6.45, 7) is 1.46. The van der Waals surface area contributed by atoms with Gasteiger partial charge in [0.25, 0.3) is 0 Å². The molecule has 0 saturated heterocycles. The summed E-state index contributed by atoms with van der Waals surface area (Å²) < 4.78 is 40.4. The first kappa shape index (κ1) is 15.2. The summed E-state index contributed by atoms with van der Waals surface area (Å²) >= 11 is 11.6. The Balaban J connectivity index is 2.63. The third-order valence-electron chi connectivity index (χ3n) is 3.06. The van der Waals surface area contributed by atoms with Gasteiger partial charge in [0, 0.05) is 16.7 Å². The van der Waals surface area contributed by atoms with E-state index in [2.05, 4.69) is 0 Å². The molecule has 106 valence electrons. The van der Waals surface area contributed by atoms with Gasteiger partial charge in [-0.25, -0.2) is 13.2 Å². The highest BCUT2D eigenvalue weighted by Crippen LogP contribution is 2.35. The van der Waals surface area contributed by atoms with Crippen LogP contribution in [0, 0.1) is 17.5 Å². The molecule has 0 radical (unpaired) electrons. The molecule has 0 fully saturated rings. The third kappa shape index (κ3) is 2.64. The van der Waals surface area contributed by atoms with Crippen molar-refractivity contribution in [1.29, 1.82) is 0 Å². The summed E-state index contributed by atoms with van der Waals surface area (Å²) in [5.74, 6) is -2.28. The molecule has 2 N–H and O–H groups in total. The molecule has 1 unspecified atom stereocenters. The molecule has 0 aliphatic carbocycles. The van der Waals surface area contributed by atoms with Crippen LogP contribution in [0.25, 0.3) is 0 Å². The number of benzene rings is 2. The van der Waals surface area contributed by atoms with Gasteiger partial charge in [0.1, 0.15) is 17.5 Å². The van der Waals surface area contributed by atoms with Crippen LogP contribution in [0.4, 0.5) is 13.2 Å². The van der Waals surface area contributed by atoms with E-state index in [1.807, 2.05) is 0 Å². The smallest absolute Gasteiger partial charge is 0.142 e. The molecule has 0 aliphatic heterocycles. The molecular formula is C14H10Cl2F3N. The van der Waals surface area contributed by atoms with E-state index in [9.17, 15) is 13.2 Å². The number of halogens is 5. The molecule has 20 heavy (non-hydrogen) atoms. The maximum Gasteiger partial charge on any atom is 0.142 e. The Morgan fingerprint density at radius 2 is 1.55 bits per heavy atom. The van der Waals surface area contributed by atoms with Crippen LogP contribution in [0.3, 0.4) is 0 Å². The average molecular weight is 320 g/mol. The van der Waals surface area contributed by atoms with Crippen LogP contribution in [-0.4, -0.2) is 0 Å². The summed E-state index contributed by atoms with van der Waals surface area (Å²) in [4.78, 5) is 0. The van der Waals surface area contributed by atoms with Gasteiger partial charge in [0.05, 0.1) is 10.6 Å². The fraction of sp³-hybridized carbons (Fsp3) is 0.143. The SMILES string of the molecule is CC(N)(c1ccc(F)cc1F)c1cc(F)c(Cl)cc1Cl. The molecule has 0 aliphatic rings. The second kappa shape index (κ2) is 5.28. The lowest BCUT2D eigenvalue weighted by atomic mass is 9.85. The van der Waals surface area contributed by atoms with Gasteiger partial charge < -0.3 is 5.73 Å². The molecule has 2 aromatic carbocycles. The van der Waals surface area contributed by atoms with Crippen molar-refractivity contribution in [2.45, 2.75) is 12.5 Å². The first-order chi connectivity index (χ1) is 9.23. The quantitative estimate of drug-likeness (QED) is 0.802. The number of hydrogen-bond acceptors (Lipinski definition) is 1. The van der Waals surface area contributed by atoms with E-state index in [-0.39, 0.29) is 21.2 Å². The van der Waals surface area contributed by atoms with Crippen LogP contribution in [-0.2, 0) is 5.54 Å². The van der Waals surface area contributed by atoms with Crippen molar-refractivity contribution in [3.05, 3.63) is 69.0 Å². The van der Waals surface area contributed by atoms with E-state index in [0.29, 0.717) is 6.07 Å². The van der Waals surface area contributed by atoms with Gasteiger partial charge in [-0.3, -0.25) is 0 Å². The number of nitrogens with two attached hydrogens (primary N) is 1. The number of hydrogen-bond donors (Lipinski definition) is 1. The predicted octanol–water partition coefficient (Wildman–Crippen LogP) is 4.63. The topological polar surface area (TPSA) is 26.0 Å². The van der Waals surface area contributed by atoms with E-state index in [0.717, 1.165) is 12.1 Å². The molecular weight excluding hydrogens is 310 g/mol. The van der Waals surface area contributed by atoms with E-state index < -0.39 is 23.0 Å². The molecule has 0 aromatic heterocycles. The highest BCUT2D eigenvalue weighted by molar-refractivity contribution is 6.35. The fourth-order valence-electron chi connectivity index (χ4n) is 1.98. The first-order valence-electron chi connectivity index (χ1n) is 5.63. The maximum absolute atomic E-state index is 13.9. The predicted molar refractivity (Wildman–Crippen MR) is 73.4 cm³/mol. The van der Waals surface area contributed by atoms with Crippen molar-refractivity contribution in [2.24, 2.45) is 5.73 Å². The molecule has 1 atom stereocenters. The van der Waals surface area contributed by atoms with Crippen LogP contribution in [0.2, 0.25) is 10.0 Å². The summed E-state index contributed by atoms with van der Waals surface area (Å²) in [6.07, 6.45) is 0. The molecule has 2 rings (SSSR count). The average Bonchev–Trinajstić information content (AvgIpc) is 2.33. The summed E-state index contributed by atoms with van der Waals surface area (Å²) in [5.41, 5.74) is 4.80. The number of rotatable bonds is 2. The van der Waals surface area contributed by atoms with Gasteiger partial charge in [-0.1, -0.05) is 29.3 Å². The van der Waals surface area contributed by atoms with Gasteiger partial charge in [0.2, 0.25) is 0 Å². The molecule has 1 nitrogen and oxygen atoms in total. The molecule has 0 bridgehead atoms. The Hall–Kier alpha value is -1.23. The standard InChI is InChI=1S/C14H10Cl2F3N/c1-14(20,8-3-2-7(17)4-12(8)18)9-5-13(19)11(16)6-10(9)15/h2-6H,20H2,1H3. The highest BCUT2D eigenvalue weighted by Gasteiger charge is 2.30. The lowest BCUT2D eigenvalue weighted by Gasteiger charge is -2.27. The minimum atomic E-state index is -1.43. The van der Waals surface area contributed by atoms with Gasteiger partial charge in [0.15, 0.2) is 0 Å². The molecule has 2 aromatic rings. The van der Waals surface area contributed by atoms with Crippen LogP contribution in [0.1, 0.15) is 18.1 Å². The highest BCUT2D eigenvalue weighted by atomic mass is 35.5. The van der Waals surface area contributed by atoms with Crippen LogP contribution in [0.15, 0.2) is 30.3 Å². The fourth-order valence-corrected chi connectivity index (χ4v) is 2.56. The van der Waals surface area contributed by atoms with Crippen LogP contribution < -0.4 is 5.73 Å². The summed E-state index contributed by atoms with van der Waals surface area (Å²) in [5, 5.41) is -0.0562. The van der Waals surface area contributed by atoms with E-state index >= 15 is 0 Å². The normalized spacial score (nSPS) is 14.2. The van der Waals surface area contributed by atoms with Gasteiger partial charge in [-0.15, -0.1) is 0 Å². The zero-order chi connectivity index (χ0) is 15.1. The summed E-state index contributed by atoms with van der Waals surface area (Å²) in [6, 6.07) is 5.23. The van der Waals surface area contributed by atoms with Crippen molar-refractivity contribution in [1.82, 2.24) is 0 Å². The van der Waals surface area contributed by atoms with E-state index in [1.165, 1.54) is 19.1 Å². The molecule has 0 heterocycles. The van der Waals surface area contributed by atoms with Crippen molar-refractivity contribution in [2.75, 3.05) is 0 Å². The lowest BCUT2D eigenvalue weighted by molar-refractivity contribution is 0.514. The van der Waals surface area contributed by atoms with Crippen LogP contribution in [0.5, 0.6) is 0 Å². The minimum absolute atomic E-state index is 0.00234. The van der Waals surface area contributed by atoms with Crippen LogP contribution >= 0.6 is 23.2 Å². The summed E-state index contributed by atoms with van der Waals surface area (Å²) in [7, 11) is 0. The molecule has 0 amide bonds. The second-order valence-corrected chi connectivity index (χ2v) is 5.39. The van der Waals surface area contributed by atoms with Crippen molar-refractivity contribution < 1.29 is 13.2 Å². The second-order valence-electron chi connectivity index (χ2n) is 4.57. The Morgan fingerprint density at radius 3 is 2.15 bits per heavy atom. The van der Waals surface area contributed by atoms with Crippen molar-refractivity contribution in [3.8, 4) is 0 Å². The zero-order valence-corrected chi connectivity index (χ0v) is 11.9. The monoisotopic (exact) mass is 319 g/mol. The Labute approximate surface area is 124 Å². The lowest BCUT2D eigenvalue weighted by Crippen LogP contribution is -2.36. The van der Waals surface area contributed by atoms with Crippen molar-refractivity contribution in [3.63, 3.8) is 0 Å². The molecule has 0 saturated carbocycles. The molecule has 0 spiro atoms.